The second-order valence-electron chi connectivity index (χ2n) is 9.06. The third-order valence-corrected chi connectivity index (χ3v) is 6.30. The molecule has 0 unspecified atom stereocenters. The molecule has 0 aromatic heterocycles. The Balaban J connectivity index is 2.06. The van der Waals surface area contributed by atoms with Crippen molar-refractivity contribution in [3.8, 4) is 6.07 Å². The van der Waals surface area contributed by atoms with Crippen LogP contribution in [0.4, 0.5) is 5.69 Å². The maximum absolute atomic E-state index is 13.8. The summed E-state index contributed by atoms with van der Waals surface area (Å²) in [6, 6.07) is 18.0. The van der Waals surface area contributed by atoms with E-state index in [9.17, 15) is 14.9 Å². The highest BCUT2D eigenvalue weighted by Gasteiger charge is 2.66. The fourth-order valence-corrected chi connectivity index (χ4v) is 4.91. The first-order chi connectivity index (χ1) is 14.2. The molecule has 2 aliphatic rings. The number of benzene rings is 2. The van der Waals surface area contributed by atoms with Crippen LogP contribution in [0.5, 0.6) is 0 Å². The minimum atomic E-state index is -1.57. The Morgan fingerprint density at radius 2 is 1.70 bits per heavy atom. The van der Waals surface area contributed by atoms with Gasteiger partial charge in [-0.3, -0.25) is 9.59 Å². The highest BCUT2D eigenvalue weighted by atomic mass is 16.1. The second kappa shape index (κ2) is 6.84. The average Bonchev–Trinajstić information content (AvgIpc) is 3.04. The van der Waals surface area contributed by atoms with E-state index in [2.05, 4.69) is 6.07 Å². The maximum atomic E-state index is 13.8. The molecule has 4 atom stereocenters. The largest absolute Gasteiger partial charge is 0.368 e. The molecule has 2 N–H and O–H groups in total. The minimum absolute atomic E-state index is 0.0233. The molecular formula is C25H25N3O2. The Morgan fingerprint density at radius 1 is 1.07 bits per heavy atom. The molecule has 5 nitrogen and oxygen atoms in total. The topological polar surface area (TPSA) is 87.2 Å². The zero-order valence-electron chi connectivity index (χ0n) is 17.4. The lowest BCUT2D eigenvalue weighted by Crippen LogP contribution is -2.49. The molecule has 1 saturated heterocycles. The van der Waals surface area contributed by atoms with E-state index in [1.165, 1.54) is 0 Å². The number of nitriles is 1. The summed E-state index contributed by atoms with van der Waals surface area (Å²) in [5.74, 6) is -1.42. The molecule has 2 heterocycles. The van der Waals surface area contributed by atoms with Crippen LogP contribution in [0.25, 0.3) is 6.08 Å². The monoisotopic (exact) mass is 399 g/mol. The zero-order chi connectivity index (χ0) is 21.7. The van der Waals surface area contributed by atoms with E-state index in [4.69, 9.17) is 5.73 Å². The van der Waals surface area contributed by atoms with E-state index in [0.29, 0.717) is 0 Å². The first kappa shape index (κ1) is 19.9. The third-order valence-electron chi connectivity index (χ3n) is 6.30. The molecule has 0 radical (unpaired) electrons. The summed E-state index contributed by atoms with van der Waals surface area (Å²) >= 11 is 0. The van der Waals surface area contributed by atoms with Crippen molar-refractivity contribution in [2.45, 2.75) is 38.8 Å². The number of para-hydroxylation sites is 1. The van der Waals surface area contributed by atoms with Gasteiger partial charge in [-0.25, -0.2) is 0 Å². The number of ketones is 1. The fourth-order valence-electron chi connectivity index (χ4n) is 4.91. The predicted molar refractivity (Wildman–Crippen MR) is 116 cm³/mol. The van der Waals surface area contributed by atoms with Gasteiger partial charge in [0.2, 0.25) is 5.91 Å². The molecular weight excluding hydrogens is 374 g/mol. The third kappa shape index (κ3) is 2.68. The van der Waals surface area contributed by atoms with Crippen LogP contribution >= 0.6 is 0 Å². The number of carbonyl (C=O) groups excluding carboxylic acids is 2. The van der Waals surface area contributed by atoms with Crippen molar-refractivity contribution < 1.29 is 9.59 Å². The number of Topliss-reactive ketones (excluding diaryl/α,β-unsaturated/α-hetero) is 1. The van der Waals surface area contributed by atoms with E-state index in [0.717, 1.165) is 16.8 Å². The van der Waals surface area contributed by atoms with Gasteiger partial charge in [-0.2, -0.15) is 5.26 Å². The van der Waals surface area contributed by atoms with Crippen molar-refractivity contribution in [3.05, 3.63) is 71.8 Å². The summed E-state index contributed by atoms with van der Waals surface area (Å²) < 4.78 is 0. The minimum Gasteiger partial charge on any atom is -0.368 e. The molecule has 0 aliphatic carbocycles. The quantitative estimate of drug-likeness (QED) is 0.853. The lowest BCUT2D eigenvalue weighted by molar-refractivity contribution is -0.128. The summed E-state index contributed by atoms with van der Waals surface area (Å²) in [5.41, 5.74) is 6.25. The number of primary amides is 1. The number of hydrogen-bond donors (Lipinski definition) is 1. The van der Waals surface area contributed by atoms with Gasteiger partial charge in [0.25, 0.3) is 0 Å². The first-order valence-electron chi connectivity index (χ1n) is 10.1. The Kier molecular flexibility index (Phi) is 4.54. The van der Waals surface area contributed by atoms with Gasteiger partial charge in [0.1, 0.15) is 0 Å². The van der Waals surface area contributed by atoms with Gasteiger partial charge in [0, 0.05) is 17.0 Å². The highest BCUT2D eigenvalue weighted by Crippen LogP contribution is 2.56. The van der Waals surface area contributed by atoms with Crippen LogP contribution in [0.1, 0.15) is 37.8 Å². The number of nitrogens with zero attached hydrogens (tertiary/aromatic N) is 2. The van der Waals surface area contributed by atoms with Gasteiger partial charge < -0.3 is 10.6 Å². The summed E-state index contributed by atoms with van der Waals surface area (Å²) in [5, 5.41) is 10.4. The van der Waals surface area contributed by atoms with Crippen LogP contribution < -0.4 is 10.6 Å². The Hall–Kier alpha value is -3.39. The van der Waals surface area contributed by atoms with E-state index in [1.54, 1.807) is 0 Å². The lowest BCUT2D eigenvalue weighted by atomic mass is 9.66. The number of hydrogen-bond acceptors (Lipinski definition) is 4. The van der Waals surface area contributed by atoms with Crippen molar-refractivity contribution >= 4 is 23.5 Å². The molecule has 30 heavy (non-hydrogen) atoms. The predicted octanol–water partition coefficient (Wildman–Crippen LogP) is 3.66. The molecule has 0 spiro atoms. The van der Waals surface area contributed by atoms with Crippen LogP contribution in [-0.4, -0.2) is 23.8 Å². The molecule has 0 saturated carbocycles. The number of fused-ring (bicyclic) bond motifs is 3. The number of anilines is 1. The molecule has 2 aromatic rings. The maximum Gasteiger partial charge on any atom is 0.241 e. The van der Waals surface area contributed by atoms with Crippen molar-refractivity contribution in [1.29, 1.82) is 5.26 Å². The molecule has 2 aliphatic heterocycles. The van der Waals surface area contributed by atoms with Crippen molar-refractivity contribution in [3.63, 3.8) is 0 Å². The smallest absolute Gasteiger partial charge is 0.241 e. The van der Waals surface area contributed by atoms with Crippen LogP contribution in [0, 0.1) is 22.2 Å². The number of rotatable bonds is 3. The van der Waals surface area contributed by atoms with E-state index in [-0.39, 0.29) is 5.78 Å². The number of nitrogens with two attached hydrogens (primary N) is 1. The van der Waals surface area contributed by atoms with Gasteiger partial charge in [0.15, 0.2) is 11.2 Å². The van der Waals surface area contributed by atoms with Gasteiger partial charge in [0.05, 0.1) is 18.2 Å². The summed E-state index contributed by atoms with van der Waals surface area (Å²) in [4.78, 5) is 28.7. The molecule has 152 valence electrons. The van der Waals surface area contributed by atoms with Gasteiger partial charge in [-0.1, -0.05) is 81.5 Å². The van der Waals surface area contributed by atoms with Crippen molar-refractivity contribution in [2.75, 3.05) is 4.90 Å². The van der Waals surface area contributed by atoms with E-state index >= 15 is 0 Å². The second-order valence-corrected chi connectivity index (χ2v) is 9.06. The Labute approximate surface area is 176 Å². The standard InChI is InChI=1S/C25H25N3O2/c1-24(2,3)22(29)21-20(17-10-5-4-6-11-17)25(15-26,23(27)30)19-14-13-16-9-7-8-12-18(16)28(19)21/h4-14,19-21H,1-3H3,(H2,27,30)/t19-,20+,21+,25-/m1/s1. The first-order valence-corrected chi connectivity index (χ1v) is 10.1. The summed E-state index contributed by atoms with van der Waals surface area (Å²) in [6.45, 7) is 5.61. The van der Waals surface area contributed by atoms with Gasteiger partial charge >= 0.3 is 0 Å². The molecule has 5 heteroatoms. The van der Waals surface area contributed by atoms with E-state index < -0.39 is 34.7 Å². The normalized spacial score (nSPS) is 27.1. The van der Waals surface area contributed by atoms with Gasteiger partial charge in [-0.05, 0) is 17.2 Å². The summed E-state index contributed by atoms with van der Waals surface area (Å²) in [7, 11) is 0. The Bertz CT molecular complexity index is 1080. The highest BCUT2D eigenvalue weighted by molar-refractivity contribution is 6.00. The van der Waals surface area contributed by atoms with E-state index in [1.807, 2.05) is 92.4 Å². The van der Waals surface area contributed by atoms with Crippen LogP contribution in [0.2, 0.25) is 0 Å². The fraction of sp³-hybridized carbons (Fsp3) is 0.320. The van der Waals surface area contributed by atoms with Gasteiger partial charge in [-0.15, -0.1) is 0 Å². The van der Waals surface area contributed by atoms with Crippen LogP contribution in [0.3, 0.4) is 0 Å². The molecule has 1 amide bonds. The number of amides is 1. The average molecular weight is 399 g/mol. The van der Waals surface area contributed by atoms with Crippen molar-refractivity contribution in [1.82, 2.24) is 0 Å². The molecule has 2 aromatic carbocycles. The van der Waals surface area contributed by atoms with Crippen LogP contribution in [0.15, 0.2) is 60.7 Å². The lowest BCUT2D eigenvalue weighted by Gasteiger charge is -2.37. The molecule has 0 bridgehead atoms. The molecule has 4 rings (SSSR count). The van der Waals surface area contributed by atoms with Crippen LogP contribution in [-0.2, 0) is 9.59 Å². The van der Waals surface area contributed by atoms with Crippen molar-refractivity contribution in [2.24, 2.45) is 16.6 Å². The zero-order valence-corrected chi connectivity index (χ0v) is 17.4. The molecule has 1 fully saturated rings. The summed E-state index contributed by atoms with van der Waals surface area (Å²) in [6.07, 6.45) is 3.76. The SMILES string of the molecule is CC(C)(C)C(=O)[C@@H]1[C@H](c2ccccc2)[C@](C#N)(C(N)=O)[C@H]2C=Cc3ccccc3N12. The Morgan fingerprint density at radius 3 is 2.30 bits per heavy atom. The number of carbonyl (C=O) groups is 2.